The lowest BCUT2D eigenvalue weighted by molar-refractivity contribution is 0.597. The fourth-order valence-corrected chi connectivity index (χ4v) is 3.68. The van der Waals surface area contributed by atoms with Gasteiger partial charge in [0.25, 0.3) is 0 Å². The molecule has 24 heavy (non-hydrogen) atoms. The third-order valence-corrected chi connectivity index (χ3v) is 6.01. The molecule has 0 N–H and O–H groups in total. The molecule has 3 aromatic rings. The van der Waals surface area contributed by atoms with Crippen LogP contribution in [0.4, 0.5) is 0 Å². The Balaban J connectivity index is 2.07. The summed E-state index contributed by atoms with van der Waals surface area (Å²) in [6, 6.07) is 19.7. The first-order chi connectivity index (χ1) is 11.4. The summed E-state index contributed by atoms with van der Waals surface area (Å²) in [4.78, 5) is 0.374. The van der Waals surface area contributed by atoms with Crippen molar-refractivity contribution in [3.05, 3.63) is 71.9 Å². The summed E-state index contributed by atoms with van der Waals surface area (Å²) >= 11 is 0. The molecule has 0 fully saturated rings. The van der Waals surface area contributed by atoms with Crippen molar-refractivity contribution < 1.29 is 8.42 Å². The van der Waals surface area contributed by atoms with E-state index < -0.39 is 9.84 Å². The molecule has 0 bridgehead atoms. The van der Waals surface area contributed by atoms with Crippen LogP contribution < -0.4 is 0 Å². The van der Waals surface area contributed by atoms with E-state index in [9.17, 15) is 8.42 Å². The maximum absolute atomic E-state index is 12.0. The molecule has 1 heterocycles. The van der Waals surface area contributed by atoms with Crippen LogP contribution in [-0.2, 0) is 9.84 Å². The van der Waals surface area contributed by atoms with Crippen molar-refractivity contribution in [3.8, 4) is 16.9 Å². The van der Waals surface area contributed by atoms with Crippen LogP contribution in [0.3, 0.4) is 0 Å². The van der Waals surface area contributed by atoms with Gasteiger partial charge >= 0.3 is 0 Å². The normalized spacial score (nSPS) is 11.6. The Hall–Kier alpha value is -2.33. The highest BCUT2D eigenvalue weighted by Gasteiger charge is 2.13. The van der Waals surface area contributed by atoms with Crippen LogP contribution in [0.15, 0.2) is 65.6 Å². The van der Waals surface area contributed by atoms with Crippen LogP contribution in [0.2, 0.25) is 0 Å². The molecule has 2 aromatic carbocycles. The largest absolute Gasteiger partial charge is 0.314 e. The van der Waals surface area contributed by atoms with Crippen LogP contribution in [-0.4, -0.2) is 18.7 Å². The Morgan fingerprint density at radius 1 is 0.833 bits per heavy atom. The highest BCUT2D eigenvalue weighted by Crippen LogP contribution is 2.27. The average molecular weight is 339 g/mol. The van der Waals surface area contributed by atoms with Gasteiger partial charge in [0.15, 0.2) is 9.84 Å². The first-order valence-electron chi connectivity index (χ1n) is 8.01. The highest BCUT2D eigenvalue weighted by molar-refractivity contribution is 7.91. The second-order valence-corrected chi connectivity index (χ2v) is 8.24. The number of hydrogen-bond donors (Lipinski definition) is 0. The molecule has 0 saturated heterocycles. The second-order valence-electron chi connectivity index (χ2n) is 5.96. The molecule has 0 amide bonds. The summed E-state index contributed by atoms with van der Waals surface area (Å²) in [6.45, 7) is 5.80. The number of benzene rings is 2. The van der Waals surface area contributed by atoms with Crippen molar-refractivity contribution in [1.29, 1.82) is 0 Å². The summed E-state index contributed by atoms with van der Waals surface area (Å²) < 4.78 is 26.1. The van der Waals surface area contributed by atoms with Gasteiger partial charge in [-0.1, -0.05) is 36.8 Å². The number of aryl methyl sites for hydroxylation is 2. The summed E-state index contributed by atoms with van der Waals surface area (Å²) in [7, 11) is -3.17. The van der Waals surface area contributed by atoms with Crippen molar-refractivity contribution in [2.75, 3.05) is 5.75 Å². The molecule has 124 valence electrons. The smallest absolute Gasteiger partial charge is 0.178 e. The Kier molecular flexibility index (Phi) is 4.33. The zero-order chi connectivity index (χ0) is 17.3. The maximum Gasteiger partial charge on any atom is 0.178 e. The maximum atomic E-state index is 12.0. The number of sulfone groups is 1. The molecule has 0 saturated carbocycles. The van der Waals surface area contributed by atoms with Gasteiger partial charge in [-0.05, 0) is 55.8 Å². The molecular formula is C20H21NO2S. The van der Waals surface area contributed by atoms with E-state index in [-0.39, 0.29) is 5.75 Å². The van der Waals surface area contributed by atoms with E-state index >= 15 is 0 Å². The van der Waals surface area contributed by atoms with E-state index in [4.69, 9.17) is 0 Å². The predicted molar refractivity (Wildman–Crippen MR) is 98.4 cm³/mol. The molecule has 0 unspecified atom stereocenters. The zero-order valence-corrected chi connectivity index (χ0v) is 15.0. The summed E-state index contributed by atoms with van der Waals surface area (Å²) in [5, 5.41) is 0. The van der Waals surface area contributed by atoms with Gasteiger partial charge in [0, 0.05) is 11.4 Å². The van der Waals surface area contributed by atoms with Crippen molar-refractivity contribution in [1.82, 2.24) is 4.57 Å². The third kappa shape index (κ3) is 3.02. The molecule has 0 aliphatic rings. The van der Waals surface area contributed by atoms with Crippen molar-refractivity contribution in [2.45, 2.75) is 25.7 Å². The van der Waals surface area contributed by atoms with E-state index in [0.717, 1.165) is 22.6 Å². The third-order valence-electron chi connectivity index (χ3n) is 4.26. The van der Waals surface area contributed by atoms with Crippen LogP contribution in [0, 0.1) is 13.8 Å². The lowest BCUT2D eigenvalue weighted by Gasteiger charge is -2.13. The fraction of sp³-hybridized carbons (Fsp3) is 0.200. The molecule has 0 aliphatic heterocycles. The Morgan fingerprint density at radius 2 is 1.46 bits per heavy atom. The fourth-order valence-electron chi connectivity index (χ4n) is 2.80. The molecule has 4 heteroatoms. The Morgan fingerprint density at radius 3 is 2.04 bits per heavy atom. The topological polar surface area (TPSA) is 39.1 Å². The van der Waals surface area contributed by atoms with Gasteiger partial charge in [-0.15, -0.1) is 0 Å². The van der Waals surface area contributed by atoms with E-state index in [1.54, 1.807) is 19.1 Å². The molecular weight excluding hydrogens is 318 g/mol. The quantitative estimate of drug-likeness (QED) is 0.699. The first kappa shape index (κ1) is 16.5. The number of aromatic nitrogens is 1. The standard InChI is InChI=1S/C20H21NO2S/c1-4-24(22,23)19-12-8-17(9-13-19)20-14-7-16(3)21(20)18-10-5-15(2)6-11-18/h5-14H,4H2,1-3H3. The van der Waals surface area contributed by atoms with Gasteiger partial charge in [0.2, 0.25) is 0 Å². The van der Waals surface area contributed by atoms with E-state index in [2.05, 4.69) is 54.8 Å². The van der Waals surface area contributed by atoms with Crippen molar-refractivity contribution in [2.24, 2.45) is 0 Å². The van der Waals surface area contributed by atoms with Crippen molar-refractivity contribution in [3.63, 3.8) is 0 Å². The molecule has 3 nitrogen and oxygen atoms in total. The molecule has 0 aliphatic carbocycles. The minimum Gasteiger partial charge on any atom is -0.314 e. The lowest BCUT2D eigenvalue weighted by atomic mass is 10.1. The zero-order valence-electron chi connectivity index (χ0n) is 14.2. The van der Waals surface area contributed by atoms with Gasteiger partial charge in [-0.2, -0.15) is 0 Å². The van der Waals surface area contributed by atoms with Gasteiger partial charge in [-0.25, -0.2) is 8.42 Å². The monoisotopic (exact) mass is 339 g/mol. The van der Waals surface area contributed by atoms with Crippen LogP contribution in [0.1, 0.15) is 18.2 Å². The lowest BCUT2D eigenvalue weighted by Crippen LogP contribution is -2.03. The summed E-state index contributed by atoms with van der Waals surface area (Å²) in [6.07, 6.45) is 0. The molecule has 1 aromatic heterocycles. The highest BCUT2D eigenvalue weighted by atomic mass is 32.2. The molecule has 0 atom stereocenters. The van der Waals surface area contributed by atoms with Gasteiger partial charge in [0.1, 0.15) is 0 Å². The van der Waals surface area contributed by atoms with Gasteiger partial charge in [0.05, 0.1) is 16.3 Å². The Bertz CT molecular complexity index is 950. The number of nitrogens with zero attached hydrogens (tertiary/aromatic N) is 1. The van der Waals surface area contributed by atoms with E-state index in [1.165, 1.54) is 5.56 Å². The summed E-state index contributed by atoms with van der Waals surface area (Å²) in [5.74, 6) is 0.116. The second kappa shape index (κ2) is 6.29. The number of hydrogen-bond acceptors (Lipinski definition) is 2. The van der Waals surface area contributed by atoms with Crippen LogP contribution in [0.5, 0.6) is 0 Å². The SMILES string of the molecule is CCS(=O)(=O)c1ccc(-c2ccc(C)n2-c2ccc(C)cc2)cc1. The predicted octanol–water partition coefficient (Wildman–Crippen LogP) is 4.55. The average Bonchev–Trinajstić information content (AvgIpc) is 2.97. The molecule has 0 spiro atoms. The Labute approximate surface area is 143 Å². The first-order valence-corrected chi connectivity index (χ1v) is 9.66. The number of rotatable bonds is 4. The van der Waals surface area contributed by atoms with Crippen molar-refractivity contribution >= 4 is 9.84 Å². The van der Waals surface area contributed by atoms with E-state index in [0.29, 0.717) is 4.90 Å². The molecule has 3 rings (SSSR count). The molecule has 0 radical (unpaired) electrons. The minimum absolute atomic E-state index is 0.116. The van der Waals surface area contributed by atoms with Gasteiger partial charge < -0.3 is 4.57 Å². The summed E-state index contributed by atoms with van der Waals surface area (Å²) in [5.41, 5.74) is 5.51. The van der Waals surface area contributed by atoms with E-state index in [1.807, 2.05) is 12.1 Å². The minimum atomic E-state index is -3.17. The van der Waals surface area contributed by atoms with Gasteiger partial charge in [-0.3, -0.25) is 0 Å². The van der Waals surface area contributed by atoms with Crippen LogP contribution in [0.25, 0.3) is 16.9 Å². The van der Waals surface area contributed by atoms with Crippen LogP contribution >= 0.6 is 0 Å².